The number of H-pyrrole nitrogens is 1. The fourth-order valence-electron chi connectivity index (χ4n) is 1.99. The van der Waals surface area contributed by atoms with Crippen LogP contribution in [0.1, 0.15) is 10.5 Å². The molecule has 100 valence electrons. The third kappa shape index (κ3) is 2.51. The molecule has 1 aromatic heterocycles. The van der Waals surface area contributed by atoms with E-state index in [1.807, 2.05) is 48.5 Å². The quantitative estimate of drug-likeness (QED) is 0.635. The molecule has 0 aliphatic rings. The Hall–Kier alpha value is -1.59. The van der Waals surface area contributed by atoms with Gasteiger partial charge in [0.15, 0.2) is 0 Å². The summed E-state index contributed by atoms with van der Waals surface area (Å²) in [6, 6.07) is 15.2. The molecule has 3 rings (SSSR count). The van der Waals surface area contributed by atoms with Crippen molar-refractivity contribution in [2.24, 2.45) is 0 Å². The maximum absolute atomic E-state index is 12.3. The normalized spacial score (nSPS) is 10.7. The minimum absolute atomic E-state index is 0.171. The van der Waals surface area contributed by atoms with Crippen molar-refractivity contribution in [3.63, 3.8) is 0 Å². The smallest absolute Gasteiger partial charge is 0.273 e. The topological polar surface area (TPSA) is 44.9 Å². The van der Waals surface area contributed by atoms with Gasteiger partial charge in [-0.2, -0.15) is 0 Å². The van der Waals surface area contributed by atoms with Crippen LogP contribution in [0.25, 0.3) is 10.9 Å². The van der Waals surface area contributed by atoms with Crippen LogP contribution in [-0.4, -0.2) is 10.9 Å². The number of benzene rings is 2. The minimum atomic E-state index is -0.171. The summed E-state index contributed by atoms with van der Waals surface area (Å²) in [5.41, 5.74) is 2.21. The van der Waals surface area contributed by atoms with Gasteiger partial charge in [0.25, 0.3) is 5.91 Å². The van der Waals surface area contributed by atoms with Crippen LogP contribution >= 0.6 is 31.9 Å². The number of nitrogens with one attached hydrogen (secondary N) is 2. The molecule has 1 heterocycles. The predicted octanol–water partition coefficient (Wildman–Crippen LogP) is 4.95. The van der Waals surface area contributed by atoms with Gasteiger partial charge in [-0.15, -0.1) is 0 Å². The van der Waals surface area contributed by atoms with Crippen molar-refractivity contribution >= 4 is 54.4 Å². The number of hydrogen-bond donors (Lipinski definition) is 2. The first-order valence-electron chi connectivity index (χ1n) is 5.98. The van der Waals surface area contributed by atoms with E-state index in [2.05, 4.69) is 42.2 Å². The molecule has 3 aromatic rings. The molecule has 1 amide bonds. The van der Waals surface area contributed by atoms with E-state index in [9.17, 15) is 4.79 Å². The highest BCUT2D eigenvalue weighted by Gasteiger charge is 2.15. The van der Waals surface area contributed by atoms with Gasteiger partial charge in [-0.1, -0.05) is 34.1 Å². The van der Waals surface area contributed by atoms with Crippen molar-refractivity contribution in [2.45, 2.75) is 0 Å². The zero-order valence-electron chi connectivity index (χ0n) is 10.3. The number of halogens is 2. The first-order chi connectivity index (χ1) is 9.65. The Morgan fingerprint density at radius 2 is 1.70 bits per heavy atom. The third-order valence-electron chi connectivity index (χ3n) is 2.97. The van der Waals surface area contributed by atoms with Gasteiger partial charge in [0.1, 0.15) is 5.69 Å². The molecular weight excluding hydrogens is 384 g/mol. The van der Waals surface area contributed by atoms with E-state index in [4.69, 9.17) is 0 Å². The van der Waals surface area contributed by atoms with Gasteiger partial charge in [0, 0.05) is 21.1 Å². The Labute approximate surface area is 132 Å². The second-order valence-electron chi connectivity index (χ2n) is 4.32. The Balaban J connectivity index is 1.92. The van der Waals surface area contributed by atoms with Crippen LogP contribution in [0.5, 0.6) is 0 Å². The average molecular weight is 394 g/mol. The fraction of sp³-hybridized carbons (Fsp3) is 0. The van der Waals surface area contributed by atoms with Gasteiger partial charge in [0.05, 0.1) is 4.47 Å². The molecule has 2 aromatic carbocycles. The van der Waals surface area contributed by atoms with Crippen LogP contribution in [0.15, 0.2) is 57.5 Å². The van der Waals surface area contributed by atoms with Crippen LogP contribution in [-0.2, 0) is 0 Å². The number of para-hydroxylation sites is 1. The number of amides is 1. The number of hydrogen-bond acceptors (Lipinski definition) is 1. The highest BCUT2D eigenvalue weighted by molar-refractivity contribution is 9.11. The Morgan fingerprint density at radius 3 is 2.40 bits per heavy atom. The summed E-state index contributed by atoms with van der Waals surface area (Å²) in [6.45, 7) is 0. The van der Waals surface area contributed by atoms with Gasteiger partial charge < -0.3 is 10.3 Å². The van der Waals surface area contributed by atoms with Crippen molar-refractivity contribution in [2.75, 3.05) is 5.32 Å². The lowest BCUT2D eigenvalue weighted by molar-refractivity contribution is 0.102. The molecule has 0 aliphatic carbocycles. The summed E-state index contributed by atoms with van der Waals surface area (Å²) in [4.78, 5) is 15.4. The van der Waals surface area contributed by atoms with E-state index in [-0.39, 0.29) is 5.91 Å². The molecule has 5 heteroatoms. The molecule has 0 aliphatic heterocycles. The molecule has 0 atom stereocenters. The van der Waals surface area contributed by atoms with Gasteiger partial charge >= 0.3 is 0 Å². The van der Waals surface area contributed by atoms with Crippen molar-refractivity contribution in [3.8, 4) is 0 Å². The molecule has 0 bridgehead atoms. The maximum atomic E-state index is 12.3. The lowest BCUT2D eigenvalue weighted by Gasteiger charge is -2.04. The molecule has 0 saturated heterocycles. The van der Waals surface area contributed by atoms with Gasteiger partial charge in [-0.25, -0.2) is 0 Å². The second kappa shape index (κ2) is 5.42. The third-order valence-corrected chi connectivity index (χ3v) is 4.32. The molecule has 0 radical (unpaired) electrons. The zero-order valence-corrected chi connectivity index (χ0v) is 13.5. The molecule has 0 unspecified atom stereocenters. The van der Waals surface area contributed by atoms with E-state index in [0.29, 0.717) is 5.69 Å². The van der Waals surface area contributed by atoms with Crippen LogP contribution in [0.2, 0.25) is 0 Å². The Kier molecular flexibility index (Phi) is 3.63. The van der Waals surface area contributed by atoms with Gasteiger partial charge in [0.2, 0.25) is 0 Å². The van der Waals surface area contributed by atoms with E-state index in [0.717, 1.165) is 25.5 Å². The van der Waals surface area contributed by atoms with E-state index in [1.165, 1.54) is 0 Å². The van der Waals surface area contributed by atoms with E-state index in [1.54, 1.807) is 0 Å². The summed E-state index contributed by atoms with van der Waals surface area (Å²) in [5.74, 6) is -0.171. The summed E-state index contributed by atoms with van der Waals surface area (Å²) >= 11 is 6.84. The van der Waals surface area contributed by atoms with Crippen molar-refractivity contribution in [1.29, 1.82) is 0 Å². The van der Waals surface area contributed by atoms with Crippen molar-refractivity contribution in [3.05, 3.63) is 63.2 Å². The van der Waals surface area contributed by atoms with Crippen molar-refractivity contribution in [1.82, 2.24) is 4.98 Å². The highest BCUT2D eigenvalue weighted by atomic mass is 79.9. The second-order valence-corrected chi connectivity index (χ2v) is 6.03. The van der Waals surface area contributed by atoms with Gasteiger partial charge in [-0.3, -0.25) is 4.79 Å². The lowest BCUT2D eigenvalue weighted by atomic mass is 10.2. The Bertz CT molecular complexity index is 778. The summed E-state index contributed by atoms with van der Waals surface area (Å²) in [6.07, 6.45) is 0. The highest BCUT2D eigenvalue weighted by Crippen LogP contribution is 2.28. The zero-order chi connectivity index (χ0) is 14.1. The SMILES string of the molecule is O=C(Nc1ccc(Br)cc1)c1[nH]c2ccccc2c1Br. The summed E-state index contributed by atoms with van der Waals surface area (Å²) < 4.78 is 1.75. The summed E-state index contributed by atoms with van der Waals surface area (Å²) in [5, 5.41) is 3.86. The Morgan fingerprint density at radius 1 is 1.00 bits per heavy atom. The molecule has 0 spiro atoms. The van der Waals surface area contributed by atoms with E-state index < -0.39 is 0 Å². The van der Waals surface area contributed by atoms with Crippen molar-refractivity contribution < 1.29 is 4.79 Å². The number of carbonyl (C=O) groups excluding carboxylic acids is 1. The average Bonchev–Trinajstić information content (AvgIpc) is 2.79. The monoisotopic (exact) mass is 392 g/mol. The number of rotatable bonds is 2. The fourth-order valence-corrected chi connectivity index (χ4v) is 2.88. The number of aromatic nitrogens is 1. The predicted molar refractivity (Wildman–Crippen MR) is 88.1 cm³/mol. The molecule has 20 heavy (non-hydrogen) atoms. The van der Waals surface area contributed by atoms with Crippen LogP contribution < -0.4 is 5.32 Å². The number of carbonyl (C=O) groups is 1. The first-order valence-corrected chi connectivity index (χ1v) is 7.57. The lowest BCUT2D eigenvalue weighted by Crippen LogP contribution is -2.12. The minimum Gasteiger partial charge on any atom is -0.350 e. The maximum Gasteiger partial charge on any atom is 0.273 e. The first kappa shape index (κ1) is 13.4. The van der Waals surface area contributed by atoms with Crippen LogP contribution in [0, 0.1) is 0 Å². The standard InChI is InChI=1S/C15H10Br2N2O/c16-9-5-7-10(8-6-9)18-15(20)14-13(17)11-3-1-2-4-12(11)19-14/h1-8,19H,(H,18,20). The molecule has 3 nitrogen and oxygen atoms in total. The largest absolute Gasteiger partial charge is 0.350 e. The molecular formula is C15H10Br2N2O. The summed E-state index contributed by atoms with van der Waals surface area (Å²) in [7, 11) is 0. The number of anilines is 1. The molecule has 0 saturated carbocycles. The molecule has 2 N–H and O–H groups in total. The number of fused-ring (bicyclic) bond motifs is 1. The van der Waals surface area contributed by atoms with Crippen LogP contribution in [0.4, 0.5) is 5.69 Å². The van der Waals surface area contributed by atoms with Gasteiger partial charge in [-0.05, 0) is 46.3 Å². The number of aromatic amines is 1. The van der Waals surface area contributed by atoms with E-state index >= 15 is 0 Å². The van der Waals surface area contributed by atoms with Crippen LogP contribution in [0.3, 0.4) is 0 Å². The molecule has 0 fully saturated rings.